The third-order valence-electron chi connectivity index (χ3n) is 4.10. The summed E-state index contributed by atoms with van der Waals surface area (Å²) in [4.78, 5) is 34.8. The van der Waals surface area contributed by atoms with Crippen molar-refractivity contribution in [2.24, 2.45) is 0 Å². The number of amides is 3. The number of thioether (sulfide) groups is 1. The van der Waals surface area contributed by atoms with Gasteiger partial charge in [0.2, 0.25) is 5.91 Å². The smallest absolute Gasteiger partial charge is 0.321 e. The molecule has 3 amide bonds. The van der Waals surface area contributed by atoms with E-state index in [1.165, 1.54) is 18.9 Å². The molecule has 2 aromatic rings. The van der Waals surface area contributed by atoms with Gasteiger partial charge in [-0.1, -0.05) is 11.8 Å². The second-order valence-corrected chi connectivity index (χ2v) is 7.10. The molecule has 1 aromatic carbocycles. The fourth-order valence-corrected chi connectivity index (χ4v) is 3.65. The number of urea groups is 1. The minimum atomic E-state index is -0.529. The Bertz CT molecular complexity index is 883. The van der Waals surface area contributed by atoms with E-state index in [2.05, 4.69) is 25.6 Å². The summed E-state index contributed by atoms with van der Waals surface area (Å²) in [6.45, 7) is 2.46. The number of aromatic nitrogens is 3. The van der Waals surface area contributed by atoms with Gasteiger partial charge in [-0.2, -0.15) is 0 Å². The number of benzene rings is 1. The second kappa shape index (κ2) is 9.41. The highest BCUT2D eigenvalue weighted by Crippen LogP contribution is 2.25. The van der Waals surface area contributed by atoms with E-state index in [0.717, 1.165) is 11.4 Å². The Morgan fingerprint density at radius 3 is 2.69 bits per heavy atom. The van der Waals surface area contributed by atoms with E-state index in [9.17, 15) is 14.4 Å². The van der Waals surface area contributed by atoms with Gasteiger partial charge in [0.1, 0.15) is 11.6 Å². The first-order valence-electron chi connectivity index (χ1n) is 8.97. The molecule has 154 valence electrons. The zero-order valence-electron chi connectivity index (χ0n) is 16.0. The van der Waals surface area contributed by atoms with Crippen molar-refractivity contribution in [3.05, 3.63) is 30.1 Å². The molecule has 0 saturated carbocycles. The molecular weight excluding hydrogens is 398 g/mol. The maximum atomic E-state index is 11.7. The zero-order chi connectivity index (χ0) is 20.8. The highest BCUT2D eigenvalue weighted by molar-refractivity contribution is 7.99. The quantitative estimate of drug-likeness (QED) is 0.481. The Kier molecular flexibility index (Phi) is 6.70. The average Bonchev–Trinajstić information content (AvgIpc) is 3.08. The first kappa shape index (κ1) is 20.6. The molecule has 0 spiro atoms. The maximum absolute atomic E-state index is 11.7. The molecule has 2 N–H and O–H groups in total. The van der Waals surface area contributed by atoms with Crippen LogP contribution in [-0.2, 0) is 20.7 Å². The van der Waals surface area contributed by atoms with Crippen LogP contribution in [0.2, 0.25) is 0 Å². The summed E-state index contributed by atoms with van der Waals surface area (Å²) in [5.41, 5.74) is 0.771. The number of nitrogens with one attached hydrogen (secondary N) is 2. The van der Waals surface area contributed by atoms with Crippen molar-refractivity contribution in [1.29, 1.82) is 0 Å². The Balaban J connectivity index is 1.88. The number of nitrogens with zero attached hydrogens (tertiary/aromatic N) is 3. The molecule has 11 heteroatoms. The van der Waals surface area contributed by atoms with Gasteiger partial charge in [0.25, 0.3) is 0 Å². The van der Waals surface area contributed by atoms with E-state index in [-0.39, 0.29) is 24.1 Å². The molecule has 1 unspecified atom stereocenters. The molecule has 29 heavy (non-hydrogen) atoms. The Hall–Kier alpha value is -3.08. The number of carbonyl (C=O) groups excluding carboxylic acids is 3. The van der Waals surface area contributed by atoms with Gasteiger partial charge < -0.3 is 14.8 Å². The summed E-state index contributed by atoms with van der Waals surface area (Å²) in [5.74, 6) is 0.640. The molecule has 1 atom stereocenters. The lowest BCUT2D eigenvalue weighted by atomic mass is 10.1. The summed E-state index contributed by atoms with van der Waals surface area (Å²) in [5, 5.41) is 13.8. The lowest BCUT2D eigenvalue weighted by Gasteiger charge is -2.23. The number of methoxy groups -OCH3 is 1. The lowest BCUT2D eigenvalue weighted by Crippen LogP contribution is -2.53. The fraction of sp³-hybridized carbons (Fsp3) is 0.389. The molecule has 0 radical (unpaired) electrons. The van der Waals surface area contributed by atoms with Crippen molar-refractivity contribution in [3.8, 4) is 11.4 Å². The van der Waals surface area contributed by atoms with Crippen LogP contribution in [0.25, 0.3) is 5.69 Å². The molecule has 0 aliphatic carbocycles. The van der Waals surface area contributed by atoms with Crippen LogP contribution in [0.15, 0.2) is 29.4 Å². The van der Waals surface area contributed by atoms with Crippen LogP contribution < -0.4 is 15.4 Å². The van der Waals surface area contributed by atoms with Crippen LogP contribution in [0.5, 0.6) is 5.75 Å². The van der Waals surface area contributed by atoms with Crippen LogP contribution in [0.4, 0.5) is 4.79 Å². The van der Waals surface area contributed by atoms with Gasteiger partial charge in [-0.05, 0) is 31.2 Å². The fourth-order valence-electron chi connectivity index (χ4n) is 2.84. The number of imide groups is 1. The van der Waals surface area contributed by atoms with Crippen LogP contribution >= 0.6 is 11.8 Å². The van der Waals surface area contributed by atoms with Gasteiger partial charge in [-0.25, -0.2) is 4.79 Å². The highest BCUT2D eigenvalue weighted by atomic mass is 32.2. The molecule has 10 nitrogen and oxygen atoms in total. The van der Waals surface area contributed by atoms with Crippen LogP contribution in [0.1, 0.15) is 19.2 Å². The number of hydrogen-bond acceptors (Lipinski definition) is 8. The Morgan fingerprint density at radius 2 is 2.03 bits per heavy atom. The van der Waals surface area contributed by atoms with Crippen molar-refractivity contribution >= 4 is 29.7 Å². The Morgan fingerprint density at radius 1 is 1.28 bits per heavy atom. The SMILES string of the molecule is CCOc1ccc(-n2c(CC3CC(=O)NC(=O)N3)nnc2SCC(=O)OC)cc1. The number of hydrogen-bond donors (Lipinski definition) is 2. The number of ether oxygens (including phenoxy) is 2. The Labute approximate surface area is 171 Å². The molecule has 1 aliphatic heterocycles. The molecule has 3 rings (SSSR count). The normalized spacial score (nSPS) is 16.1. The minimum Gasteiger partial charge on any atom is -0.494 e. The van der Waals surface area contributed by atoms with Crippen molar-refractivity contribution in [2.75, 3.05) is 19.5 Å². The zero-order valence-corrected chi connectivity index (χ0v) is 16.8. The predicted molar refractivity (Wildman–Crippen MR) is 104 cm³/mol. The van der Waals surface area contributed by atoms with E-state index < -0.39 is 12.1 Å². The minimum absolute atomic E-state index is 0.0776. The first-order chi connectivity index (χ1) is 14.0. The summed E-state index contributed by atoms with van der Waals surface area (Å²) < 4.78 is 12.0. The van der Waals surface area contributed by atoms with Gasteiger partial charge >= 0.3 is 12.0 Å². The largest absolute Gasteiger partial charge is 0.494 e. The van der Waals surface area contributed by atoms with E-state index in [4.69, 9.17) is 4.74 Å². The molecule has 1 aliphatic rings. The molecule has 2 heterocycles. The molecule has 1 aromatic heterocycles. The summed E-state index contributed by atoms with van der Waals surface area (Å²) in [6.07, 6.45) is 0.449. The maximum Gasteiger partial charge on any atom is 0.321 e. The van der Waals surface area contributed by atoms with E-state index in [0.29, 0.717) is 24.0 Å². The van der Waals surface area contributed by atoms with Crippen LogP contribution in [0.3, 0.4) is 0 Å². The third kappa shape index (κ3) is 5.25. The van der Waals surface area contributed by atoms with E-state index in [1.807, 2.05) is 31.2 Å². The van der Waals surface area contributed by atoms with Crippen molar-refractivity contribution in [1.82, 2.24) is 25.4 Å². The molecule has 1 saturated heterocycles. The monoisotopic (exact) mass is 419 g/mol. The van der Waals surface area contributed by atoms with Crippen LogP contribution in [0, 0.1) is 0 Å². The molecular formula is C18H21N5O5S. The van der Waals surface area contributed by atoms with E-state index >= 15 is 0 Å². The molecule has 1 fully saturated rings. The predicted octanol–water partition coefficient (Wildman–Crippen LogP) is 1.07. The van der Waals surface area contributed by atoms with Gasteiger partial charge in [0, 0.05) is 24.6 Å². The first-order valence-corrected chi connectivity index (χ1v) is 9.96. The van der Waals surface area contributed by atoms with Crippen molar-refractivity contribution in [3.63, 3.8) is 0 Å². The topological polar surface area (TPSA) is 124 Å². The molecule has 0 bridgehead atoms. The summed E-state index contributed by atoms with van der Waals surface area (Å²) >= 11 is 1.19. The summed E-state index contributed by atoms with van der Waals surface area (Å²) in [7, 11) is 1.32. The average molecular weight is 419 g/mol. The van der Waals surface area contributed by atoms with Crippen molar-refractivity contribution < 1.29 is 23.9 Å². The van der Waals surface area contributed by atoms with Gasteiger partial charge in [-0.15, -0.1) is 10.2 Å². The van der Waals surface area contributed by atoms with Crippen molar-refractivity contribution in [2.45, 2.75) is 31.0 Å². The highest BCUT2D eigenvalue weighted by Gasteiger charge is 2.27. The standard InChI is InChI=1S/C18H21N5O5S/c1-3-28-13-6-4-12(5-7-13)23-14(8-11-9-15(24)20-17(26)19-11)21-22-18(23)29-10-16(25)27-2/h4-7,11H,3,8-10H2,1-2H3,(H2,19,20,24,26). The third-order valence-corrected chi connectivity index (χ3v) is 5.00. The van der Waals surface area contributed by atoms with Gasteiger partial charge in [-0.3, -0.25) is 19.5 Å². The number of rotatable bonds is 8. The van der Waals surface area contributed by atoms with Crippen LogP contribution in [-0.4, -0.2) is 58.2 Å². The lowest BCUT2D eigenvalue weighted by molar-refractivity contribution is -0.137. The summed E-state index contributed by atoms with van der Waals surface area (Å²) in [6, 6.07) is 6.43. The van der Waals surface area contributed by atoms with E-state index in [1.54, 1.807) is 4.57 Å². The van der Waals surface area contributed by atoms with Gasteiger partial charge in [0.15, 0.2) is 5.16 Å². The second-order valence-electron chi connectivity index (χ2n) is 6.15. The number of carbonyl (C=O) groups is 3. The van der Waals surface area contributed by atoms with Gasteiger partial charge in [0.05, 0.1) is 19.5 Å². The number of esters is 1.